The van der Waals surface area contributed by atoms with Crippen molar-refractivity contribution < 1.29 is 9.53 Å². The number of nitrogens with zero attached hydrogens (tertiary/aromatic N) is 3. The summed E-state index contributed by atoms with van der Waals surface area (Å²) in [6.45, 7) is 4.62. The van der Waals surface area contributed by atoms with Crippen LogP contribution in [0.4, 0.5) is 0 Å². The Morgan fingerprint density at radius 3 is 3.11 bits per heavy atom. The molecule has 7 nitrogen and oxygen atoms in total. The summed E-state index contributed by atoms with van der Waals surface area (Å²) in [5, 5.41) is 8.00. The number of nitrogens with one attached hydrogen (secondary N) is 1. The van der Waals surface area contributed by atoms with E-state index in [1.54, 1.807) is 12.3 Å². The highest BCUT2D eigenvalue weighted by atomic mass is 16.5. The molecule has 1 unspecified atom stereocenters. The van der Waals surface area contributed by atoms with Crippen molar-refractivity contribution in [1.29, 1.82) is 0 Å². The number of likely N-dealkylation sites (tertiary alicyclic amines) is 1. The smallest absolute Gasteiger partial charge is 0.232 e. The normalized spacial score (nSPS) is 20.9. The van der Waals surface area contributed by atoms with E-state index in [9.17, 15) is 4.79 Å². The van der Waals surface area contributed by atoms with Crippen molar-refractivity contribution in [2.45, 2.75) is 25.9 Å². The number of H-pyrrole nitrogens is 1. The summed E-state index contributed by atoms with van der Waals surface area (Å²) in [7, 11) is 0. The van der Waals surface area contributed by atoms with E-state index in [4.69, 9.17) is 10.5 Å². The number of benzene rings is 1. The van der Waals surface area contributed by atoms with Crippen molar-refractivity contribution in [1.82, 2.24) is 20.1 Å². The predicted octanol–water partition coefficient (Wildman–Crippen LogP) is 2.42. The number of Topliss-reactive ketones (excluding diaryl/α,β-unsaturated/α-hetero) is 1. The van der Waals surface area contributed by atoms with Crippen molar-refractivity contribution in [3.05, 3.63) is 58.6 Å². The lowest BCUT2D eigenvalue weighted by Gasteiger charge is -2.18. The van der Waals surface area contributed by atoms with Gasteiger partial charge in [-0.25, -0.2) is 4.98 Å². The number of rotatable bonds is 3. The lowest BCUT2D eigenvalue weighted by atomic mass is 10.0. The van der Waals surface area contributed by atoms with E-state index in [0.29, 0.717) is 22.7 Å². The maximum atomic E-state index is 12.9. The van der Waals surface area contributed by atoms with Crippen molar-refractivity contribution in [3.63, 3.8) is 0 Å². The van der Waals surface area contributed by atoms with Crippen LogP contribution in [0.3, 0.4) is 0 Å². The molecule has 2 aliphatic rings. The molecule has 3 N–H and O–H groups in total. The molecule has 0 aliphatic carbocycles. The molecule has 7 heteroatoms. The second kappa shape index (κ2) is 6.54. The molecule has 0 spiro atoms. The number of aromatic nitrogens is 3. The van der Waals surface area contributed by atoms with Gasteiger partial charge in [0.2, 0.25) is 5.78 Å². The van der Waals surface area contributed by atoms with Crippen LogP contribution < -0.4 is 10.5 Å². The Balaban J connectivity index is 1.50. The van der Waals surface area contributed by atoms with Gasteiger partial charge in [0.1, 0.15) is 5.75 Å². The summed E-state index contributed by atoms with van der Waals surface area (Å²) in [6, 6.07) is 7.81. The molecular formula is C21H21N5O2. The van der Waals surface area contributed by atoms with Crippen molar-refractivity contribution in [3.8, 4) is 5.75 Å². The number of aromatic amines is 1. The van der Waals surface area contributed by atoms with Gasteiger partial charge in [-0.3, -0.25) is 14.8 Å². The zero-order valence-electron chi connectivity index (χ0n) is 15.6. The van der Waals surface area contributed by atoms with Gasteiger partial charge < -0.3 is 10.5 Å². The molecule has 0 amide bonds. The zero-order valence-corrected chi connectivity index (χ0v) is 15.6. The van der Waals surface area contributed by atoms with Gasteiger partial charge in [-0.2, -0.15) is 5.10 Å². The van der Waals surface area contributed by atoms with Crippen LogP contribution in [0.25, 0.3) is 17.1 Å². The molecule has 4 heterocycles. The third-order valence-corrected chi connectivity index (χ3v) is 5.50. The maximum absolute atomic E-state index is 12.9. The van der Waals surface area contributed by atoms with Crippen LogP contribution in [0.1, 0.15) is 33.6 Å². The molecule has 2 aromatic heterocycles. The van der Waals surface area contributed by atoms with Crippen molar-refractivity contribution in [2.24, 2.45) is 5.73 Å². The number of fused-ring (bicyclic) bond motifs is 2. The second-order valence-corrected chi connectivity index (χ2v) is 7.47. The van der Waals surface area contributed by atoms with Crippen LogP contribution in [-0.2, 0) is 6.54 Å². The molecule has 0 bridgehead atoms. The van der Waals surface area contributed by atoms with Gasteiger partial charge in [0.25, 0.3) is 0 Å². The van der Waals surface area contributed by atoms with Gasteiger partial charge in [0.05, 0.1) is 11.3 Å². The summed E-state index contributed by atoms with van der Waals surface area (Å²) in [5.41, 5.74) is 10.1. The van der Waals surface area contributed by atoms with E-state index < -0.39 is 0 Å². The Bertz CT molecular complexity index is 1120. The standard InChI is InChI=1S/C21H21N5O2/c1-12-4-5-15-19(27)18(9-17-14-3-2-7-23-21(14)25-24-17)28-20(15)16(12)11-26-8-6-13(22)10-26/h2-5,7,9,13H,6,8,10-11,22H2,1H3,(H,23,24,25)/b18-9-. The summed E-state index contributed by atoms with van der Waals surface area (Å²) >= 11 is 0. The zero-order chi connectivity index (χ0) is 19.3. The summed E-state index contributed by atoms with van der Waals surface area (Å²) in [4.78, 5) is 19.5. The van der Waals surface area contributed by atoms with Crippen LogP contribution in [0.15, 0.2) is 36.2 Å². The molecule has 1 atom stereocenters. The molecular weight excluding hydrogens is 354 g/mol. The van der Waals surface area contributed by atoms with Crippen LogP contribution in [-0.4, -0.2) is 45.0 Å². The maximum Gasteiger partial charge on any atom is 0.232 e. The van der Waals surface area contributed by atoms with Crippen LogP contribution in [0, 0.1) is 6.92 Å². The van der Waals surface area contributed by atoms with Gasteiger partial charge in [-0.05, 0) is 37.1 Å². The first-order valence-corrected chi connectivity index (χ1v) is 9.44. The number of allylic oxidation sites excluding steroid dienone is 1. The van der Waals surface area contributed by atoms with E-state index in [2.05, 4.69) is 20.1 Å². The molecule has 1 fully saturated rings. The number of hydrogen-bond donors (Lipinski definition) is 2. The summed E-state index contributed by atoms with van der Waals surface area (Å²) in [6.07, 6.45) is 4.39. The number of nitrogens with two attached hydrogens (primary N) is 1. The molecule has 5 rings (SSSR count). The number of carbonyl (C=O) groups excluding carboxylic acids is 1. The Labute approximate surface area is 162 Å². The summed E-state index contributed by atoms with van der Waals surface area (Å²) in [5.74, 6) is 0.835. The number of hydrogen-bond acceptors (Lipinski definition) is 6. The quantitative estimate of drug-likeness (QED) is 0.683. The Morgan fingerprint density at radius 2 is 2.29 bits per heavy atom. The molecule has 1 aromatic carbocycles. The topological polar surface area (TPSA) is 97.1 Å². The van der Waals surface area contributed by atoms with Gasteiger partial charge in [-0.15, -0.1) is 0 Å². The number of carbonyl (C=O) groups is 1. The van der Waals surface area contributed by atoms with E-state index in [1.165, 1.54) is 0 Å². The third-order valence-electron chi connectivity index (χ3n) is 5.50. The fourth-order valence-electron chi connectivity index (χ4n) is 3.94. The lowest BCUT2D eigenvalue weighted by molar-refractivity contribution is 0.101. The second-order valence-electron chi connectivity index (χ2n) is 7.47. The van der Waals surface area contributed by atoms with E-state index in [0.717, 1.165) is 42.6 Å². The Hall–Kier alpha value is -3.03. The average Bonchev–Trinajstić information content (AvgIpc) is 3.37. The fraction of sp³-hybridized carbons (Fsp3) is 0.286. The minimum absolute atomic E-state index is 0.116. The first-order chi connectivity index (χ1) is 13.6. The summed E-state index contributed by atoms with van der Waals surface area (Å²) < 4.78 is 6.07. The monoisotopic (exact) mass is 375 g/mol. The lowest BCUT2D eigenvalue weighted by Crippen LogP contribution is -2.26. The van der Waals surface area contributed by atoms with E-state index >= 15 is 0 Å². The minimum atomic E-state index is -0.116. The first-order valence-electron chi connectivity index (χ1n) is 9.44. The van der Waals surface area contributed by atoms with Gasteiger partial charge in [-0.1, -0.05) is 6.07 Å². The highest BCUT2D eigenvalue weighted by Gasteiger charge is 2.32. The van der Waals surface area contributed by atoms with Gasteiger partial charge >= 0.3 is 0 Å². The first kappa shape index (κ1) is 17.1. The molecule has 3 aromatic rings. The van der Waals surface area contributed by atoms with Crippen LogP contribution in [0.5, 0.6) is 5.75 Å². The van der Waals surface area contributed by atoms with Crippen molar-refractivity contribution in [2.75, 3.05) is 13.1 Å². The highest BCUT2D eigenvalue weighted by Crippen LogP contribution is 2.38. The largest absolute Gasteiger partial charge is 0.452 e. The van der Waals surface area contributed by atoms with Crippen molar-refractivity contribution >= 4 is 22.9 Å². The fourth-order valence-corrected chi connectivity index (χ4v) is 3.94. The van der Waals surface area contributed by atoms with Crippen LogP contribution >= 0.6 is 0 Å². The van der Waals surface area contributed by atoms with E-state index in [-0.39, 0.29) is 17.6 Å². The molecule has 2 aliphatic heterocycles. The molecule has 0 radical (unpaired) electrons. The number of ketones is 1. The Morgan fingerprint density at radius 1 is 1.39 bits per heavy atom. The van der Waals surface area contributed by atoms with E-state index in [1.807, 2.05) is 31.2 Å². The van der Waals surface area contributed by atoms with Gasteiger partial charge in [0, 0.05) is 48.9 Å². The average molecular weight is 375 g/mol. The minimum Gasteiger partial charge on any atom is -0.452 e. The number of aryl methyl sites for hydroxylation is 1. The predicted molar refractivity (Wildman–Crippen MR) is 106 cm³/mol. The molecule has 142 valence electrons. The molecule has 0 saturated carbocycles. The molecule has 28 heavy (non-hydrogen) atoms. The van der Waals surface area contributed by atoms with Crippen LogP contribution in [0.2, 0.25) is 0 Å². The van der Waals surface area contributed by atoms with Gasteiger partial charge in [0.15, 0.2) is 11.4 Å². The molecule has 1 saturated heterocycles. The third kappa shape index (κ3) is 2.80. The Kier molecular flexibility index (Phi) is 3.99. The number of pyridine rings is 1. The highest BCUT2D eigenvalue weighted by molar-refractivity contribution is 6.15. The SMILES string of the molecule is Cc1ccc2c(c1CN1CCC(N)C1)O/C(=C\c1n[nH]c3ncccc13)C2=O. The number of ether oxygens (including phenoxy) is 1.